The number of carboxylic acid groups (broad SMARTS) is 1. The maximum atomic E-state index is 13.5. The minimum Gasteiger partial charge on any atom is -0.480 e. The summed E-state index contributed by atoms with van der Waals surface area (Å²) in [4.78, 5) is 24.4. The molecule has 0 fully saturated rings. The van der Waals surface area contributed by atoms with Gasteiger partial charge in [-0.05, 0) is 32.9 Å². The fourth-order valence-corrected chi connectivity index (χ4v) is 1.95. The molecule has 0 radical (unpaired) electrons. The molecule has 0 aliphatic carbocycles. The van der Waals surface area contributed by atoms with E-state index in [1.807, 2.05) is 0 Å². The van der Waals surface area contributed by atoms with Crippen LogP contribution >= 0.6 is 0 Å². The Kier molecular flexibility index (Phi) is 4.81. The van der Waals surface area contributed by atoms with E-state index in [0.29, 0.717) is 0 Å². The number of rotatable bonds is 5. The number of carbonyl (C=O) groups is 2. The van der Waals surface area contributed by atoms with E-state index in [4.69, 9.17) is 5.11 Å². The molecule has 20 heavy (non-hydrogen) atoms. The number of hydrogen-bond acceptors (Lipinski definition) is 2. The first-order valence-corrected chi connectivity index (χ1v) is 6.18. The summed E-state index contributed by atoms with van der Waals surface area (Å²) in [5, 5.41) is 9.12. The van der Waals surface area contributed by atoms with Crippen molar-refractivity contribution >= 4 is 11.9 Å². The van der Waals surface area contributed by atoms with Crippen molar-refractivity contribution in [2.75, 3.05) is 6.54 Å². The molecule has 4 nitrogen and oxygen atoms in total. The number of amides is 1. The van der Waals surface area contributed by atoms with Gasteiger partial charge in [-0.3, -0.25) is 4.79 Å². The highest BCUT2D eigenvalue weighted by molar-refractivity contribution is 5.87. The second-order valence-corrected chi connectivity index (χ2v) is 4.88. The molecule has 1 rings (SSSR count). The quantitative estimate of drug-likeness (QED) is 0.902. The molecule has 0 unspecified atom stereocenters. The third-order valence-electron chi connectivity index (χ3n) is 3.21. The van der Waals surface area contributed by atoms with Gasteiger partial charge in [-0.2, -0.15) is 0 Å². The minimum atomic E-state index is -1.44. The summed E-state index contributed by atoms with van der Waals surface area (Å²) < 4.78 is 27.0. The van der Waals surface area contributed by atoms with E-state index in [-0.39, 0.29) is 12.1 Å². The van der Waals surface area contributed by atoms with E-state index in [1.165, 1.54) is 19.9 Å². The molecule has 1 aromatic carbocycles. The monoisotopic (exact) mass is 285 g/mol. The zero-order valence-corrected chi connectivity index (χ0v) is 11.6. The molecule has 6 heteroatoms. The Labute approximate surface area is 116 Å². The van der Waals surface area contributed by atoms with Crippen LogP contribution in [0, 0.1) is 11.6 Å². The Morgan fingerprint density at radius 1 is 1.25 bits per heavy atom. The Morgan fingerprint density at radius 3 is 2.15 bits per heavy atom. The van der Waals surface area contributed by atoms with Crippen molar-refractivity contribution in [2.45, 2.75) is 32.7 Å². The first-order valence-electron chi connectivity index (χ1n) is 6.18. The fourth-order valence-electron chi connectivity index (χ4n) is 1.95. The molecule has 0 heterocycles. The maximum Gasteiger partial charge on any atom is 0.329 e. The highest BCUT2D eigenvalue weighted by atomic mass is 19.1. The first-order chi connectivity index (χ1) is 9.21. The summed E-state index contributed by atoms with van der Waals surface area (Å²) in [6.45, 7) is 4.48. The van der Waals surface area contributed by atoms with Gasteiger partial charge in [0, 0.05) is 12.1 Å². The van der Waals surface area contributed by atoms with Crippen molar-refractivity contribution in [3.05, 3.63) is 35.4 Å². The van der Waals surface area contributed by atoms with Crippen LogP contribution in [0.15, 0.2) is 18.2 Å². The molecule has 1 aromatic rings. The first kappa shape index (κ1) is 16.1. The number of carboxylic acids is 1. The van der Waals surface area contributed by atoms with Crippen LogP contribution in [0.2, 0.25) is 0 Å². The van der Waals surface area contributed by atoms with Crippen molar-refractivity contribution in [3.8, 4) is 0 Å². The van der Waals surface area contributed by atoms with Crippen molar-refractivity contribution in [1.82, 2.24) is 4.90 Å². The van der Waals surface area contributed by atoms with Gasteiger partial charge in [0.2, 0.25) is 5.91 Å². The second-order valence-electron chi connectivity index (χ2n) is 4.88. The number of nitrogens with zero attached hydrogens (tertiary/aromatic N) is 1. The van der Waals surface area contributed by atoms with Gasteiger partial charge in [0.25, 0.3) is 0 Å². The maximum absolute atomic E-state index is 13.5. The lowest BCUT2D eigenvalue weighted by atomic mass is 10.0. The number of hydrogen-bond donors (Lipinski definition) is 1. The number of benzene rings is 1. The van der Waals surface area contributed by atoms with Crippen LogP contribution in [0.25, 0.3) is 0 Å². The standard InChI is InChI=1S/C14H17F2NO3/c1-4-17(14(2,3)13(19)20)12(18)8-9-10(15)6-5-7-11(9)16/h5-7H,4,8H2,1-3H3,(H,19,20). The summed E-state index contributed by atoms with van der Waals surface area (Å²) in [6.07, 6.45) is -0.511. The van der Waals surface area contributed by atoms with Gasteiger partial charge in [0.05, 0.1) is 6.42 Å². The van der Waals surface area contributed by atoms with Crippen LogP contribution in [-0.2, 0) is 16.0 Å². The van der Waals surface area contributed by atoms with Gasteiger partial charge in [-0.1, -0.05) is 6.07 Å². The highest BCUT2D eigenvalue weighted by Gasteiger charge is 2.37. The van der Waals surface area contributed by atoms with E-state index in [0.717, 1.165) is 17.0 Å². The zero-order chi connectivity index (χ0) is 15.5. The number of aliphatic carboxylic acids is 1. The molecule has 0 aliphatic rings. The SMILES string of the molecule is CCN(C(=O)Cc1c(F)cccc1F)C(C)(C)C(=O)O. The second kappa shape index (κ2) is 5.98. The molecule has 0 saturated carbocycles. The Bertz CT molecular complexity index is 509. The van der Waals surface area contributed by atoms with Gasteiger partial charge in [-0.15, -0.1) is 0 Å². The average Bonchev–Trinajstić information content (AvgIpc) is 2.34. The third-order valence-corrected chi connectivity index (χ3v) is 3.21. The predicted molar refractivity (Wildman–Crippen MR) is 69.2 cm³/mol. The molecule has 1 amide bonds. The molecule has 0 spiro atoms. The van der Waals surface area contributed by atoms with E-state index in [9.17, 15) is 18.4 Å². The normalized spacial score (nSPS) is 11.2. The van der Waals surface area contributed by atoms with Gasteiger partial charge in [0.15, 0.2) is 0 Å². The lowest BCUT2D eigenvalue weighted by Crippen LogP contribution is -2.53. The fraction of sp³-hybridized carbons (Fsp3) is 0.429. The van der Waals surface area contributed by atoms with Crippen LogP contribution in [-0.4, -0.2) is 34.0 Å². The zero-order valence-electron chi connectivity index (χ0n) is 11.6. The van der Waals surface area contributed by atoms with Crippen LogP contribution in [0.3, 0.4) is 0 Å². The predicted octanol–water partition coefficient (Wildman–Crippen LogP) is 2.22. The number of likely N-dealkylation sites (N-methyl/N-ethyl adjacent to an activating group) is 1. The lowest BCUT2D eigenvalue weighted by Gasteiger charge is -2.34. The Balaban J connectivity index is 3.03. The van der Waals surface area contributed by atoms with Crippen LogP contribution in [0.1, 0.15) is 26.3 Å². The Morgan fingerprint density at radius 2 is 1.75 bits per heavy atom. The summed E-state index contributed by atoms with van der Waals surface area (Å²) in [7, 11) is 0. The molecule has 0 aliphatic heterocycles. The lowest BCUT2D eigenvalue weighted by molar-refractivity contribution is -0.156. The third kappa shape index (κ3) is 3.12. The van der Waals surface area contributed by atoms with E-state index < -0.39 is 35.5 Å². The minimum absolute atomic E-state index is 0.133. The molecule has 0 atom stereocenters. The van der Waals surface area contributed by atoms with E-state index >= 15 is 0 Å². The molecular formula is C14H17F2NO3. The van der Waals surface area contributed by atoms with Gasteiger partial charge < -0.3 is 10.0 Å². The topological polar surface area (TPSA) is 57.6 Å². The van der Waals surface area contributed by atoms with Crippen molar-refractivity contribution < 1.29 is 23.5 Å². The van der Waals surface area contributed by atoms with E-state index in [1.54, 1.807) is 6.92 Å². The van der Waals surface area contributed by atoms with Gasteiger partial charge in [0.1, 0.15) is 17.2 Å². The summed E-state index contributed by atoms with van der Waals surface area (Å²) in [6, 6.07) is 3.33. The molecule has 0 aromatic heterocycles. The average molecular weight is 285 g/mol. The smallest absolute Gasteiger partial charge is 0.329 e. The van der Waals surface area contributed by atoms with Crippen molar-refractivity contribution in [3.63, 3.8) is 0 Å². The molecule has 0 bridgehead atoms. The number of halogens is 2. The molecule has 1 N–H and O–H groups in total. The van der Waals surface area contributed by atoms with Crippen LogP contribution in [0.5, 0.6) is 0 Å². The van der Waals surface area contributed by atoms with Gasteiger partial charge >= 0.3 is 5.97 Å². The summed E-state index contributed by atoms with van der Waals surface area (Å²) >= 11 is 0. The largest absolute Gasteiger partial charge is 0.480 e. The van der Waals surface area contributed by atoms with Crippen LogP contribution < -0.4 is 0 Å². The summed E-state index contributed by atoms with van der Waals surface area (Å²) in [5.41, 5.74) is -1.79. The highest BCUT2D eigenvalue weighted by Crippen LogP contribution is 2.19. The molecule has 110 valence electrons. The molecule has 0 saturated heterocycles. The Hall–Kier alpha value is -1.98. The van der Waals surface area contributed by atoms with E-state index in [2.05, 4.69) is 0 Å². The summed E-state index contributed by atoms with van der Waals surface area (Å²) in [5.74, 6) is -3.45. The van der Waals surface area contributed by atoms with Crippen molar-refractivity contribution in [1.29, 1.82) is 0 Å². The van der Waals surface area contributed by atoms with Crippen molar-refractivity contribution in [2.24, 2.45) is 0 Å². The molecular weight excluding hydrogens is 268 g/mol. The van der Waals surface area contributed by atoms with Crippen LogP contribution in [0.4, 0.5) is 8.78 Å². The number of carbonyl (C=O) groups excluding carboxylic acids is 1. The van der Waals surface area contributed by atoms with Gasteiger partial charge in [-0.25, -0.2) is 13.6 Å².